The summed E-state index contributed by atoms with van der Waals surface area (Å²) >= 11 is 0. The van der Waals surface area contributed by atoms with Gasteiger partial charge in [0.15, 0.2) is 0 Å². The molecule has 1 amide bonds. The van der Waals surface area contributed by atoms with Gasteiger partial charge in [0.2, 0.25) is 11.9 Å². The number of nitrogens with zero attached hydrogens (tertiary/aromatic N) is 3. The second-order valence-corrected chi connectivity index (χ2v) is 4.52. The number of hydrogen-bond acceptors (Lipinski definition) is 4. The van der Waals surface area contributed by atoms with Crippen LogP contribution in [0.1, 0.15) is 33.6 Å². The Bertz CT molecular complexity index is 362. The Balaban J connectivity index is 2.34. The molecule has 0 bridgehead atoms. The molecular weight excluding hydrogens is 218 g/mol. The molecule has 1 heterocycles. The fourth-order valence-corrected chi connectivity index (χ4v) is 1.68. The smallest absolute Gasteiger partial charge is 0.242 e. The van der Waals surface area contributed by atoms with Crippen molar-refractivity contribution in [3.8, 4) is 0 Å². The van der Waals surface area contributed by atoms with Gasteiger partial charge < -0.3 is 11.1 Å². The Labute approximate surface area is 102 Å². The monoisotopic (exact) mass is 239 g/mol. The fraction of sp³-hybridized carbons (Fsp3) is 0.727. The summed E-state index contributed by atoms with van der Waals surface area (Å²) in [6.45, 7) is 6.51. The van der Waals surface area contributed by atoms with E-state index in [1.807, 2.05) is 6.92 Å². The summed E-state index contributed by atoms with van der Waals surface area (Å²) in [5, 5.41) is 6.79. The third-order valence-electron chi connectivity index (χ3n) is 2.72. The third kappa shape index (κ3) is 4.84. The van der Waals surface area contributed by atoms with Gasteiger partial charge in [0.1, 0.15) is 12.9 Å². The minimum atomic E-state index is -0.0642. The van der Waals surface area contributed by atoms with Crippen LogP contribution in [-0.4, -0.2) is 26.7 Å². The van der Waals surface area contributed by atoms with E-state index in [2.05, 4.69) is 29.2 Å². The first-order chi connectivity index (χ1) is 8.01. The molecule has 2 atom stereocenters. The van der Waals surface area contributed by atoms with Gasteiger partial charge in [-0.1, -0.05) is 20.3 Å². The van der Waals surface area contributed by atoms with E-state index < -0.39 is 0 Å². The lowest BCUT2D eigenvalue weighted by molar-refractivity contribution is -0.122. The van der Waals surface area contributed by atoms with E-state index in [1.54, 1.807) is 0 Å². The highest BCUT2D eigenvalue weighted by molar-refractivity contribution is 5.75. The Morgan fingerprint density at radius 1 is 1.59 bits per heavy atom. The molecule has 0 radical (unpaired) electrons. The lowest BCUT2D eigenvalue weighted by atomic mass is 10.0. The van der Waals surface area contributed by atoms with Crippen molar-refractivity contribution in [1.29, 1.82) is 0 Å². The predicted molar refractivity (Wildman–Crippen MR) is 66.1 cm³/mol. The number of nitrogen functional groups attached to an aromatic ring is 1. The molecule has 0 spiro atoms. The molecule has 0 fully saturated rings. The normalized spacial score (nSPS) is 14.3. The van der Waals surface area contributed by atoms with Crippen molar-refractivity contribution in [2.75, 3.05) is 5.73 Å². The zero-order valence-electron chi connectivity index (χ0n) is 10.7. The zero-order chi connectivity index (χ0) is 12.8. The summed E-state index contributed by atoms with van der Waals surface area (Å²) in [6, 6.07) is 0.179. The number of carbonyl (C=O) groups excluding carboxylic acids is 1. The molecule has 17 heavy (non-hydrogen) atoms. The number of carbonyl (C=O) groups is 1. The van der Waals surface area contributed by atoms with Crippen molar-refractivity contribution >= 4 is 11.9 Å². The Hall–Kier alpha value is -1.59. The van der Waals surface area contributed by atoms with Crippen LogP contribution in [-0.2, 0) is 11.3 Å². The van der Waals surface area contributed by atoms with E-state index in [9.17, 15) is 4.79 Å². The van der Waals surface area contributed by atoms with Crippen LogP contribution in [0, 0.1) is 5.92 Å². The first-order valence-electron chi connectivity index (χ1n) is 5.95. The van der Waals surface area contributed by atoms with Gasteiger partial charge in [0.25, 0.3) is 0 Å². The molecule has 2 unspecified atom stereocenters. The highest BCUT2D eigenvalue weighted by Gasteiger charge is 2.11. The molecule has 3 N–H and O–H groups in total. The number of amides is 1. The molecule has 96 valence electrons. The molecular formula is C11H21N5O. The number of nitrogens with two attached hydrogens (primary N) is 1. The topological polar surface area (TPSA) is 85.8 Å². The lowest BCUT2D eigenvalue weighted by Crippen LogP contribution is -2.36. The van der Waals surface area contributed by atoms with Crippen molar-refractivity contribution in [1.82, 2.24) is 20.1 Å². The van der Waals surface area contributed by atoms with Gasteiger partial charge in [-0.3, -0.25) is 4.79 Å². The number of hydrogen-bond donors (Lipinski definition) is 2. The third-order valence-corrected chi connectivity index (χ3v) is 2.72. The van der Waals surface area contributed by atoms with Gasteiger partial charge in [-0.05, 0) is 19.3 Å². The van der Waals surface area contributed by atoms with Gasteiger partial charge in [-0.25, -0.2) is 9.67 Å². The van der Waals surface area contributed by atoms with Crippen molar-refractivity contribution in [3.63, 3.8) is 0 Å². The van der Waals surface area contributed by atoms with Crippen molar-refractivity contribution in [2.45, 2.75) is 46.2 Å². The molecule has 0 aliphatic rings. The minimum Gasteiger partial charge on any atom is -0.367 e. The maximum Gasteiger partial charge on any atom is 0.242 e. The Kier molecular flexibility index (Phi) is 4.93. The van der Waals surface area contributed by atoms with Crippen LogP contribution in [0.25, 0.3) is 0 Å². The zero-order valence-corrected chi connectivity index (χ0v) is 10.7. The summed E-state index contributed by atoms with van der Waals surface area (Å²) in [7, 11) is 0. The maximum absolute atomic E-state index is 11.7. The molecule has 0 aliphatic carbocycles. The molecule has 6 heteroatoms. The van der Waals surface area contributed by atoms with Crippen LogP contribution in [0.5, 0.6) is 0 Å². The Morgan fingerprint density at radius 2 is 2.29 bits per heavy atom. The molecule has 1 aromatic rings. The first kappa shape index (κ1) is 13.5. The van der Waals surface area contributed by atoms with Gasteiger partial charge in [0.05, 0.1) is 0 Å². The predicted octanol–water partition coefficient (Wildman–Crippen LogP) is 0.801. The van der Waals surface area contributed by atoms with E-state index in [0.29, 0.717) is 5.92 Å². The maximum atomic E-state index is 11.7. The van der Waals surface area contributed by atoms with Crippen molar-refractivity contribution < 1.29 is 4.79 Å². The molecule has 6 nitrogen and oxygen atoms in total. The van der Waals surface area contributed by atoms with Crippen molar-refractivity contribution in [3.05, 3.63) is 6.33 Å². The highest BCUT2D eigenvalue weighted by atomic mass is 16.2. The van der Waals surface area contributed by atoms with E-state index in [0.717, 1.165) is 12.8 Å². The van der Waals surface area contributed by atoms with Crippen LogP contribution < -0.4 is 11.1 Å². The summed E-state index contributed by atoms with van der Waals surface area (Å²) in [6.07, 6.45) is 3.57. The Morgan fingerprint density at radius 3 is 2.82 bits per heavy atom. The number of rotatable bonds is 6. The molecule has 0 aliphatic heterocycles. The van der Waals surface area contributed by atoms with Crippen LogP contribution >= 0.6 is 0 Å². The number of anilines is 1. The van der Waals surface area contributed by atoms with Gasteiger partial charge in [-0.15, -0.1) is 5.10 Å². The average Bonchev–Trinajstić information content (AvgIpc) is 2.63. The van der Waals surface area contributed by atoms with Gasteiger partial charge >= 0.3 is 0 Å². The summed E-state index contributed by atoms with van der Waals surface area (Å²) < 4.78 is 1.43. The number of aromatic nitrogens is 3. The van der Waals surface area contributed by atoms with E-state index in [-0.39, 0.29) is 24.4 Å². The summed E-state index contributed by atoms with van der Waals surface area (Å²) in [5.41, 5.74) is 5.36. The molecule has 1 rings (SSSR count). The quantitative estimate of drug-likeness (QED) is 0.769. The van der Waals surface area contributed by atoms with E-state index >= 15 is 0 Å². The van der Waals surface area contributed by atoms with Crippen LogP contribution in [0.4, 0.5) is 5.95 Å². The van der Waals surface area contributed by atoms with Gasteiger partial charge in [0, 0.05) is 6.04 Å². The molecule has 1 aromatic heterocycles. The second-order valence-electron chi connectivity index (χ2n) is 4.52. The van der Waals surface area contributed by atoms with Gasteiger partial charge in [-0.2, -0.15) is 0 Å². The SMILES string of the molecule is CCC(C)CC(C)NC(=O)Cn1cnc(N)n1. The molecule has 0 aromatic carbocycles. The highest BCUT2D eigenvalue weighted by Crippen LogP contribution is 2.09. The van der Waals surface area contributed by atoms with E-state index in [1.165, 1.54) is 11.0 Å². The standard InChI is InChI=1S/C11H21N5O/c1-4-8(2)5-9(3)14-10(17)6-16-7-13-11(12)15-16/h7-9H,4-6H2,1-3H3,(H2,12,15)(H,14,17). The fourth-order valence-electron chi connectivity index (χ4n) is 1.68. The van der Waals surface area contributed by atoms with Crippen molar-refractivity contribution in [2.24, 2.45) is 5.92 Å². The van der Waals surface area contributed by atoms with Crippen LogP contribution in [0.2, 0.25) is 0 Å². The molecule has 0 saturated carbocycles. The molecule has 0 saturated heterocycles. The van der Waals surface area contributed by atoms with Crippen LogP contribution in [0.3, 0.4) is 0 Å². The average molecular weight is 239 g/mol. The van der Waals surface area contributed by atoms with Crippen LogP contribution in [0.15, 0.2) is 6.33 Å². The van der Waals surface area contributed by atoms with E-state index in [4.69, 9.17) is 5.73 Å². The number of nitrogens with one attached hydrogen (secondary N) is 1. The summed E-state index contributed by atoms with van der Waals surface area (Å²) in [5.74, 6) is 0.739. The minimum absolute atomic E-state index is 0.0642. The second kappa shape index (κ2) is 6.22. The largest absolute Gasteiger partial charge is 0.367 e. The summed E-state index contributed by atoms with van der Waals surface area (Å²) in [4.78, 5) is 15.4. The lowest BCUT2D eigenvalue weighted by Gasteiger charge is -2.17. The first-order valence-corrected chi connectivity index (χ1v) is 5.95.